The number of amides is 1. The molecule has 0 unspecified atom stereocenters. The topological polar surface area (TPSA) is 55.4 Å². The van der Waals surface area contributed by atoms with Crippen LogP contribution in [0.15, 0.2) is 30.3 Å². The molecule has 1 N–H and O–H groups in total. The molecule has 0 aliphatic heterocycles. The van der Waals surface area contributed by atoms with Gasteiger partial charge in [-0.25, -0.2) is 4.79 Å². The summed E-state index contributed by atoms with van der Waals surface area (Å²) in [5.41, 5.74) is -0.746. The number of ether oxygens (including phenoxy) is 1. The van der Waals surface area contributed by atoms with Crippen LogP contribution in [-0.4, -0.2) is 17.7 Å². The maximum absolute atomic E-state index is 13.0. The Bertz CT molecular complexity index is 447. The number of carbonyl (C=O) groups excluding carboxylic acids is 2. The molecule has 0 heterocycles. The van der Waals surface area contributed by atoms with Crippen molar-refractivity contribution in [2.45, 2.75) is 32.9 Å². The van der Waals surface area contributed by atoms with Gasteiger partial charge in [0, 0.05) is 0 Å². The molecule has 0 bridgehead atoms. The van der Waals surface area contributed by atoms with E-state index in [0.29, 0.717) is 0 Å². The highest BCUT2D eigenvalue weighted by Crippen LogP contribution is 2.18. The van der Waals surface area contributed by atoms with E-state index < -0.39 is 17.7 Å². The molecule has 0 saturated carbocycles. The molecule has 0 saturated heterocycles. The van der Waals surface area contributed by atoms with E-state index in [9.17, 15) is 14.0 Å². The van der Waals surface area contributed by atoms with Gasteiger partial charge in [-0.3, -0.25) is 4.79 Å². The number of alkyl carbamates (subject to hydrolysis) is 1. The van der Waals surface area contributed by atoms with Crippen molar-refractivity contribution >= 4 is 12.1 Å². The molecule has 0 aromatic heterocycles. The van der Waals surface area contributed by atoms with Gasteiger partial charge in [0.1, 0.15) is 12.1 Å². The van der Waals surface area contributed by atoms with Crippen molar-refractivity contribution in [2.24, 2.45) is 5.92 Å². The van der Waals surface area contributed by atoms with Crippen molar-refractivity contribution < 1.29 is 18.7 Å². The van der Waals surface area contributed by atoms with Crippen molar-refractivity contribution in [2.75, 3.05) is 0 Å². The molecule has 1 aromatic rings. The van der Waals surface area contributed by atoms with E-state index in [-0.39, 0.29) is 12.5 Å². The average Bonchev–Trinajstić information content (AvgIpc) is 2.37. The van der Waals surface area contributed by atoms with Gasteiger partial charge in [0.2, 0.25) is 0 Å². The first kappa shape index (κ1) is 15.1. The molecule has 19 heavy (non-hydrogen) atoms. The van der Waals surface area contributed by atoms with Crippen molar-refractivity contribution in [3.63, 3.8) is 0 Å². The molecule has 0 spiro atoms. The summed E-state index contributed by atoms with van der Waals surface area (Å²) in [4.78, 5) is 22.6. The Labute approximate surface area is 112 Å². The third-order valence-electron chi connectivity index (χ3n) is 3.14. The van der Waals surface area contributed by atoms with Crippen LogP contribution in [0.2, 0.25) is 0 Å². The first-order chi connectivity index (χ1) is 8.86. The van der Waals surface area contributed by atoms with Gasteiger partial charge in [0.25, 0.3) is 0 Å². The largest absolute Gasteiger partial charge is 0.445 e. The highest BCUT2D eigenvalue weighted by molar-refractivity contribution is 5.84. The quantitative estimate of drug-likeness (QED) is 0.835. The minimum atomic E-state index is -1.58. The van der Waals surface area contributed by atoms with E-state index in [1.807, 2.05) is 18.2 Å². The summed E-state index contributed by atoms with van der Waals surface area (Å²) >= 11 is 0. The number of hydrogen-bond acceptors (Lipinski definition) is 3. The van der Waals surface area contributed by atoms with Gasteiger partial charge in [-0.05, 0) is 18.4 Å². The summed E-state index contributed by atoms with van der Waals surface area (Å²) in [6.07, 6.45) is -0.814. The van der Waals surface area contributed by atoms with Crippen molar-refractivity contribution in [3.8, 4) is 0 Å². The maximum Gasteiger partial charge on any atom is 0.408 e. The van der Waals surface area contributed by atoms with E-state index in [1.165, 1.54) is 6.92 Å². The summed E-state index contributed by atoms with van der Waals surface area (Å²) in [7, 11) is 0. The van der Waals surface area contributed by atoms with Gasteiger partial charge in [0.05, 0.1) is 0 Å². The average molecular weight is 267 g/mol. The molecule has 1 rings (SSSR count). The molecule has 0 aliphatic carbocycles. The van der Waals surface area contributed by atoms with Crippen LogP contribution in [0.1, 0.15) is 26.3 Å². The van der Waals surface area contributed by atoms with Gasteiger partial charge < -0.3 is 10.1 Å². The lowest BCUT2D eigenvalue weighted by atomic mass is 9.89. The third-order valence-corrected chi connectivity index (χ3v) is 3.14. The van der Waals surface area contributed by atoms with Crippen LogP contribution >= 0.6 is 0 Å². The second-order valence-electron chi connectivity index (χ2n) is 4.82. The molecule has 0 fully saturated rings. The molecule has 1 amide bonds. The molecule has 104 valence electrons. The number of hydrogen-bond donors (Lipinski definition) is 1. The number of nitrogens with one attached hydrogen (secondary N) is 1. The van der Waals surface area contributed by atoms with Crippen molar-refractivity contribution in [1.82, 2.24) is 5.32 Å². The van der Waals surface area contributed by atoms with Gasteiger partial charge >= 0.3 is 12.1 Å². The van der Waals surface area contributed by atoms with E-state index in [1.54, 1.807) is 26.0 Å². The highest BCUT2D eigenvalue weighted by atomic mass is 19.1. The molecule has 1 atom stereocenters. The second-order valence-corrected chi connectivity index (χ2v) is 4.82. The Morgan fingerprint density at radius 2 is 1.89 bits per heavy atom. The van der Waals surface area contributed by atoms with Crippen LogP contribution in [0.5, 0.6) is 0 Å². The predicted molar refractivity (Wildman–Crippen MR) is 69.1 cm³/mol. The summed E-state index contributed by atoms with van der Waals surface area (Å²) < 4.78 is 18.0. The third kappa shape index (κ3) is 4.05. The molecule has 1 aromatic carbocycles. The lowest BCUT2D eigenvalue weighted by Crippen LogP contribution is -2.54. The van der Waals surface area contributed by atoms with Crippen LogP contribution in [0.3, 0.4) is 0 Å². The van der Waals surface area contributed by atoms with Gasteiger partial charge in [-0.15, -0.1) is 0 Å². The first-order valence-electron chi connectivity index (χ1n) is 6.05. The zero-order chi connectivity index (χ0) is 14.5. The Morgan fingerprint density at radius 1 is 1.32 bits per heavy atom. The molecule has 0 radical (unpaired) electrons. The number of halogens is 1. The van der Waals surface area contributed by atoms with Crippen LogP contribution in [0, 0.1) is 5.92 Å². The summed E-state index contributed by atoms with van der Waals surface area (Å²) in [5, 5.41) is 2.28. The van der Waals surface area contributed by atoms with E-state index in [0.717, 1.165) is 5.56 Å². The van der Waals surface area contributed by atoms with Crippen LogP contribution < -0.4 is 5.32 Å². The summed E-state index contributed by atoms with van der Waals surface area (Å²) in [6.45, 7) is 4.70. The van der Waals surface area contributed by atoms with Crippen LogP contribution in [0.4, 0.5) is 9.18 Å². The first-order valence-corrected chi connectivity index (χ1v) is 6.05. The molecule has 4 nitrogen and oxygen atoms in total. The van der Waals surface area contributed by atoms with Crippen molar-refractivity contribution in [3.05, 3.63) is 35.9 Å². The van der Waals surface area contributed by atoms with Crippen molar-refractivity contribution in [1.29, 1.82) is 0 Å². The lowest BCUT2D eigenvalue weighted by Gasteiger charge is -2.29. The molecular weight excluding hydrogens is 249 g/mol. The van der Waals surface area contributed by atoms with E-state index in [2.05, 4.69) is 5.32 Å². The molecular formula is C14H18FNO3. The highest BCUT2D eigenvalue weighted by Gasteiger charge is 2.39. The van der Waals surface area contributed by atoms with E-state index >= 15 is 0 Å². The monoisotopic (exact) mass is 267 g/mol. The lowest BCUT2D eigenvalue weighted by molar-refractivity contribution is -0.137. The predicted octanol–water partition coefficient (Wildman–Crippen LogP) is 2.82. The minimum Gasteiger partial charge on any atom is -0.445 e. The Kier molecular flexibility index (Phi) is 5.03. The van der Waals surface area contributed by atoms with Crippen LogP contribution in [0.25, 0.3) is 0 Å². The summed E-state index contributed by atoms with van der Waals surface area (Å²) in [5.74, 6) is -0.380. The fraction of sp³-hybridized carbons (Fsp3) is 0.429. The fourth-order valence-electron chi connectivity index (χ4n) is 1.39. The summed E-state index contributed by atoms with van der Waals surface area (Å²) in [6, 6.07) is 7.50. The Morgan fingerprint density at radius 3 is 2.37 bits per heavy atom. The van der Waals surface area contributed by atoms with Gasteiger partial charge in [0.15, 0.2) is 0 Å². The normalized spacial score (nSPS) is 13.7. The minimum absolute atomic E-state index is 0.0708. The fourth-order valence-corrected chi connectivity index (χ4v) is 1.39. The molecule has 5 heteroatoms. The Hall–Kier alpha value is -1.91. The van der Waals surface area contributed by atoms with Gasteiger partial charge in [-0.2, -0.15) is 4.39 Å². The zero-order valence-electron chi connectivity index (χ0n) is 11.3. The standard InChI is InChI=1S/C14H18FNO3/c1-10(2)14(3,12(15)17)16-13(18)19-9-11-7-5-4-6-8-11/h4-8,10H,9H2,1-3H3,(H,16,18)/t14-/m0/s1. The number of benzene rings is 1. The molecule has 0 aliphatic rings. The zero-order valence-corrected chi connectivity index (χ0v) is 11.3. The van der Waals surface area contributed by atoms with E-state index in [4.69, 9.17) is 4.74 Å². The number of rotatable bonds is 5. The second kappa shape index (κ2) is 6.31. The maximum atomic E-state index is 13.0. The SMILES string of the molecule is CC(C)[C@](C)(NC(=O)OCc1ccccc1)C(=O)F. The smallest absolute Gasteiger partial charge is 0.408 e. The number of carbonyl (C=O) groups is 2. The van der Waals surface area contributed by atoms with Crippen LogP contribution in [-0.2, 0) is 16.1 Å². The van der Waals surface area contributed by atoms with Gasteiger partial charge in [-0.1, -0.05) is 44.2 Å². The Balaban J connectivity index is 2.57.